The van der Waals surface area contributed by atoms with Gasteiger partial charge in [0.1, 0.15) is 12.1 Å². The minimum Gasteiger partial charge on any atom is -0.490 e. The van der Waals surface area contributed by atoms with E-state index in [9.17, 15) is 22.4 Å². The highest BCUT2D eigenvalue weighted by Crippen LogP contribution is 2.54. The number of ether oxygens (including phenoxy) is 2. The first-order chi connectivity index (χ1) is 18.1. The molecule has 1 spiro atoms. The van der Waals surface area contributed by atoms with Gasteiger partial charge in [0.2, 0.25) is 0 Å². The fourth-order valence-electron chi connectivity index (χ4n) is 6.93. The van der Waals surface area contributed by atoms with Crippen LogP contribution >= 0.6 is 0 Å². The Kier molecular flexibility index (Phi) is 5.36. The molecular formula is C26H29F4N5O3. The van der Waals surface area contributed by atoms with Gasteiger partial charge < -0.3 is 19.3 Å². The summed E-state index contributed by atoms with van der Waals surface area (Å²) in [7, 11) is 0. The van der Waals surface area contributed by atoms with Crippen molar-refractivity contribution in [2.45, 2.75) is 63.0 Å². The maximum Gasteiger partial charge on any atom is 0.573 e. The Balaban J connectivity index is 0.875. The lowest BCUT2D eigenvalue weighted by Gasteiger charge is -2.59. The van der Waals surface area contributed by atoms with Crippen LogP contribution in [0.4, 0.5) is 22.4 Å². The van der Waals surface area contributed by atoms with Gasteiger partial charge in [-0.05, 0) is 62.5 Å². The summed E-state index contributed by atoms with van der Waals surface area (Å²) in [6, 6.07) is 3.63. The summed E-state index contributed by atoms with van der Waals surface area (Å²) in [5.74, 6) is 0.234. The van der Waals surface area contributed by atoms with Crippen molar-refractivity contribution in [3.8, 4) is 11.5 Å². The molecule has 3 heterocycles. The number of urea groups is 1. The molecule has 2 aromatic rings. The van der Waals surface area contributed by atoms with E-state index in [-0.39, 0.29) is 35.1 Å². The molecule has 5 aliphatic rings. The quantitative estimate of drug-likeness (QED) is 0.518. The standard InChI is InChI=1S/C26H29F4N5O3/c27-21-4-3-19(7-22(21)38-26(28,29)30)37-20-5-16-10-33(11-17(16)6-20)24(36)34-12-25(13-34)8-18(9-25)35-14-31-23(32-35)15-1-2-15/h3-4,7,14-18,20H,1-2,5-6,8-13H2/t16-,17+,20?. The second-order valence-electron chi connectivity index (χ2n) is 11.8. The first kappa shape index (κ1) is 24.0. The van der Waals surface area contributed by atoms with Crippen molar-refractivity contribution in [3.63, 3.8) is 0 Å². The van der Waals surface area contributed by atoms with Gasteiger partial charge in [-0.1, -0.05) is 0 Å². The molecule has 5 fully saturated rings. The van der Waals surface area contributed by atoms with Gasteiger partial charge in [0, 0.05) is 43.6 Å². The SMILES string of the molecule is O=C(N1C[C@H]2CC(Oc3ccc(F)c(OC(F)(F)F)c3)C[C@H]2C1)N1CC2(CC(n3cnc(C4CC4)n3)C2)C1. The number of carbonyl (C=O) groups excluding carboxylic acids is 1. The number of nitrogens with zero attached hydrogens (tertiary/aromatic N) is 5. The van der Waals surface area contributed by atoms with Crippen molar-refractivity contribution in [3.05, 3.63) is 36.2 Å². The van der Waals surface area contributed by atoms with Crippen LogP contribution in [-0.2, 0) is 0 Å². The van der Waals surface area contributed by atoms with Crippen molar-refractivity contribution < 1.29 is 31.8 Å². The summed E-state index contributed by atoms with van der Waals surface area (Å²) in [5.41, 5.74) is 0.213. The van der Waals surface area contributed by atoms with Crippen LogP contribution in [0.5, 0.6) is 11.5 Å². The first-order valence-electron chi connectivity index (χ1n) is 13.3. The number of carbonyl (C=O) groups is 1. The molecule has 8 nitrogen and oxygen atoms in total. The second kappa shape index (κ2) is 8.47. The molecule has 2 aliphatic heterocycles. The molecule has 2 amide bonds. The molecule has 1 aromatic heterocycles. The van der Waals surface area contributed by atoms with Crippen molar-refractivity contribution in [1.82, 2.24) is 24.6 Å². The summed E-state index contributed by atoms with van der Waals surface area (Å²) in [4.78, 5) is 21.5. The molecule has 12 heteroatoms. The number of fused-ring (bicyclic) bond motifs is 1. The Morgan fingerprint density at radius 1 is 1.05 bits per heavy atom. The van der Waals surface area contributed by atoms with E-state index in [1.807, 2.05) is 20.8 Å². The Labute approximate surface area is 216 Å². The minimum atomic E-state index is -4.98. The predicted molar refractivity (Wildman–Crippen MR) is 125 cm³/mol. The number of hydrogen-bond acceptors (Lipinski definition) is 5. The summed E-state index contributed by atoms with van der Waals surface area (Å²) in [6.07, 6.45) is 2.55. The molecule has 0 N–H and O–H groups in total. The number of likely N-dealkylation sites (tertiary alicyclic amines) is 2. The predicted octanol–water partition coefficient (Wildman–Crippen LogP) is 4.74. The summed E-state index contributed by atoms with van der Waals surface area (Å²) < 4.78 is 62.9. The normalized spacial score (nSPS) is 28.3. The van der Waals surface area contributed by atoms with Crippen LogP contribution in [0.2, 0.25) is 0 Å². The van der Waals surface area contributed by atoms with E-state index < -0.39 is 17.9 Å². The molecule has 3 saturated carbocycles. The molecular weight excluding hydrogens is 506 g/mol. The molecule has 3 atom stereocenters. The molecule has 204 valence electrons. The molecule has 7 rings (SSSR count). The fourth-order valence-corrected chi connectivity index (χ4v) is 6.93. The highest BCUT2D eigenvalue weighted by Gasteiger charge is 2.56. The molecule has 0 bridgehead atoms. The van der Waals surface area contributed by atoms with Gasteiger partial charge in [-0.15, -0.1) is 13.2 Å². The third-order valence-corrected chi connectivity index (χ3v) is 8.91. The second-order valence-corrected chi connectivity index (χ2v) is 11.8. The van der Waals surface area contributed by atoms with Crippen molar-refractivity contribution in [2.75, 3.05) is 26.2 Å². The van der Waals surface area contributed by atoms with Gasteiger partial charge >= 0.3 is 12.4 Å². The van der Waals surface area contributed by atoms with E-state index in [0.717, 1.165) is 43.9 Å². The average Bonchev–Trinajstić information content (AvgIpc) is 3.21. The maximum absolute atomic E-state index is 13.7. The number of aromatic nitrogens is 3. The molecule has 3 aliphatic carbocycles. The van der Waals surface area contributed by atoms with E-state index in [4.69, 9.17) is 4.74 Å². The van der Waals surface area contributed by atoms with Crippen LogP contribution in [0.3, 0.4) is 0 Å². The molecule has 38 heavy (non-hydrogen) atoms. The van der Waals surface area contributed by atoms with Crippen LogP contribution in [0.15, 0.2) is 24.5 Å². The van der Waals surface area contributed by atoms with E-state index in [2.05, 4.69) is 14.8 Å². The van der Waals surface area contributed by atoms with Crippen LogP contribution < -0.4 is 9.47 Å². The zero-order chi connectivity index (χ0) is 26.2. The molecule has 1 aromatic carbocycles. The summed E-state index contributed by atoms with van der Waals surface area (Å²) in [5, 5.41) is 4.66. The van der Waals surface area contributed by atoms with E-state index in [1.54, 1.807) is 0 Å². The van der Waals surface area contributed by atoms with E-state index >= 15 is 0 Å². The average molecular weight is 536 g/mol. The Morgan fingerprint density at radius 3 is 2.42 bits per heavy atom. The largest absolute Gasteiger partial charge is 0.573 e. The minimum absolute atomic E-state index is 0.0928. The number of amides is 2. The van der Waals surface area contributed by atoms with Crippen molar-refractivity contribution in [1.29, 1.82) is 0 Å². The zero-order valence-electron chi connectivity index (χ0n) is 20.7. The Morgan fingerprint density at radius 2 is 1.76 bits per heavy atom. The molecule has 2 saturated heterocycles. The maximum atomic E-state index is 13.7. The zero-order valence-corrected chi connectivity index (χ0v) is 20.7. The molecule has 1 unspecified atom stereocenters. The third kappa shape index (κ3) is 4.45. The smallest absolute Gasteiger partial charge is 0.490 e. The highest BCUT2D eigenvalue weighted by atomic mass is 19.4. The van der Waals surface area contributed by atoms with Gasteiger partial charge in [0.15, 0.2) is 17.4 Å². The monoisotopic (exact) mass is 535 g/mol. The van der Waals surface area contributed by atoms with Crippen molar-refractivity contribution in [2.24, 2.45) is 17.3 Å². The van der Waals surface area contributed by atoms with Crippen LogP contribution in [0.1, 0.15) is 56.3 Å². The number of halogens is 4. The highest BCUT2D eigenvalue weighted by molar-refractivity contribution is 5.76. The lowest BCUT2D eigenvalue weighted by Crippen LogP contribution is -2.65. The third-order valence-electron chi connectivity index (χ3n) is 8.91. The summed E-state index contributed by atoms with van der Waals surface area (Å²) >= 11 is 0. The van der Waals surface area contributed by atoms with E-state index in [0.29, 0.717) is 37.9 Å². The van der Waals surface area contributed by atoms with Crippen LogP contribution in [-0.4, -0.2) is 69.2 Å². The van der Waals surface area contributed by atoms with E-state index in [1.165, 1.54) is 18.9 Å². The van der Waals surface area contributed by atoms with Crippen LogP contribution in [0, 0.1) is 23.1 Å². The van der Waals surface area contributed by atoms with Gasteiger partial charge in [-0.3, -0.25) is 0 Å². The lowest BCUT2D eigenvalue weighted by atomic mass is 9.61. The lowest BCUT2D eigenvalue weighted by molar-refractivity contribution is -0.275. The number of rotatable bonds is 5. The molecule has 0 radical (unpaired) electrons. The number of benzene rings is 1. The van der Waals surface area contributed by atoms with Gasteiger partial charge in [-0.25, -0.2) is 18.9 Å². The topological polar surface area (TPSA) is 72.7 Å². The van der Waals surface area contributed by atoms with Crippen LogP contribution in [0.25, 0.3) is 0 Å². The van der Waals surface area contributed by atoms with Gasteiger partial charge in [-0.2, -0.15) is 5.10 Å². The number of hydrogen-bond donors (Lipinski definition) is 0. The van der Waals surface area contributed by atoms with Crippen molar-refractivity contribution >= 4 is 6.03 Å². The first-order valence-corrected chi connectivity index (χ1v) is 13.3. The fraction of sp³-hybridized carbons (Fsp3) is 0.654. The van der Waals surface area contributed by atoms with Gasteiger partial charge in [0.25, 0.3) is 0 Å². The summed E-state index contributed by atoms with van der Waals surface area (Å²) in [6.45, 7) is 2.89. The number of alkyl halides is 3. The Hall–Kier alpha value is -3.05. The Bertz CT molecular complexity index is 1220. The van der Waals surface area contributed by atoms with Gasteiger partial charge in [0.05, 0.1) is 12.1 Å².